The van der Waals surface area contributed by atoms with Gasteiger partial charge in [-0.25, -0.2) is 0 Å². The van der Waals surface area contributed by atoms with Crippen LogP contribution in [0, 0.1) is 6.92 Å². The quantitative estimate of drug-likeness (QED) is 0.881. The summed E-state index contributed by atoms with van der Waals surface area (Å²) in [6.07, 6.45) is -4.78. The number of phenols is 1. The molecule has 0 unspecified atom stereocenters. The summed E-state index contributed by atoms with van der Waals surface area (Å²) in [6.45, 7) is 1.91. The monoisotopic (exact) mass is 268 g/mol. The molecule has 0 aromatic heterocycles. The minimum Gasteiger partial charge on any atom is -0.508 e. The highest BCUT2D eigenvalue weighted by Gasteiger charge is 2.31. The number of alkyl halides is 3. The highest BCUT2D eigenvalue weighted by Crippen LogP contribution is 2.32. The molecule has 2 nitrogen and oxygen atoms in total. The Labute approximate surface area is 108 Å². The summed E-state index contributed by atoms with van der Waals surface area (Å²) < 4.78 is 40.3. The van der Waals surface area contributed by atoms with E-state index in [0.717, 1.165) is 11.6 Å². The summed E-state index contributed by atoms with van der Waals surface area (Å²) in [5.74, 6) is -0.722. The van der Waals surface area contributed by atoms with Gasteiger partial charge >= 0.3 is 6.36 Å². The number of halogens is 3. The highest BCUT2D eigenvalue weighted by atomic mass is 19.4. The number of benzene rings is 2. The Bertz CT molecular complexity index is 574. The lowest BCUT2D eigenvalue weighted by molar-refractivity contribution is -0.274. The number of phenolic OH excluding ortho intramolecular Hbond substituents is 1. The summed E-state index contributed by atoms with van der Waals surface area (Å²) in [4.78, 5) is 0. The maximum Gasteiger partial charge on any atom is 0.573 e. The van der Waals surface area contributed by atoms with Crippen LogP contribution in [-0.4, -0.2) is 11.5 Å². The molecule has 0 aliphatic heterocycles. The van der Waals surface area contributed by atoms with E-state index < -0.39 is 12.1 Å². The SMILES string of the molecule is Cc1ccc(-c2cc(O)cc(OC(F)(F)F)c2)cc1. The van der Waals surface area contributed by atoms with Crippen molar-refractivity contribution in [3.8, 4) is 22.6 Å². The highest BCUT2D eigenvalue weighted by molar-refractivity contribution is 5.67. The largest absolute Gasteiger partial charge is 0.573 e. The molecule has 100 valence electrons. The first-order valence-electron chi connectivity index (χ1n) is 5.50. The zero-order valence-corrected chi connectivity index (χ0v) is 10.0. The van der Waals surface area contributed by atoms with Gasteiger partial charge in [0.15, 0.2) is 0 Å². The van der Waals surface area contributed by atoms with Gasteiger partial charge in [-0.2, -0.15) is 0 Å². The van der Waals surface area contributed by atoms with Crippen molar-refractivity contribution in [2.75, 3.05) is 0 Å². The second kappa shape index (κ2) is 4.84. The van der Waals surface area contributed by atoms with Crippen molar-refractivity contribution in [2.24, 2.45) is 0 Å². The number of rotatable bonds is 2. The predicted molar refractivity (Wildman–Crippen MR) is 65.0 cm³/mol. The van der Waals surface area contributed by atoms with Crippen LogP contribution in [0.3, 0.4) is 0 Å². The third-order valence-electron chi connectivity index (χ3n) is 2.51. The molecule has 2 aromatic rings. The topological polar surface area (TPSA) is 29.5 Å². The molecule has 2 rings (SSSR count). The Morgan fingerprint density at radius 1 is 0.947 bits per heavy atom. The van der Waals surface area contributed by atoms with Crippen LogP contribution in [0.2, 0.25) is 0 Å². The van der Waals surface area contributed by atoms with Gasteiger partial charge in [-0.15, -0.1) is 13.2 Å². The Morgan fingerprint density at radius 3 is 2.16 bits per heavy atom. The molecule has 0 bridgehead atoms. The van der Waals surface area contributed by atoms with E-state index in [4.69, 9.17) is 0 Å². The van der Waals surface area contributed by atoms with E-state index in [1.165, 1.54) is 12.1 Å². The van der Waals surface area contributed by atoms with Crippen LogP contribution in [0.4, 0.5) is 13.2 Å². The van der Waals surface area contributed by atoms with Gasteiger partial charge in [-0.05, 0) is 30.2 Å². The zero-order chi connectivity index (χ0) is 14.0. The average molecular weight is 268 g/mol. The normalized spacial score (nSPS) is 11.4. The second-order valence-corrected chi connectivity index (χ2v) is 4.13. The summed E-state index contributed by atoms with van der Waals surface area (Å²) in [5.41, 5.74) is 2.20. The molecular weight excluding hydrogens is 257 g/mol. The minimum atomic E-state index is -4.78. The summed E-state index contributed by atoms with van der Waals surface area (Å²) >= 11 is 0. The molecular formula is C14H11F3O2. The van der Waals surface area contributed by atoms with Crippen LogP contribution >= 0.6 is 0 Å². The number of aromatic hydroxyl groups is 1. The van der Waals surface area contributed by atoms with Gasteiger partial charge in [-0.3, -0.25) is 0 Å². The lowest BCUT2D eigenvalue weighted by atomic mass is 10.0. The molecule has 0 heterocycles. The average Bonchev–Trinajstić information content (AvgIpc) is 2.26. The Kier molecular flexibility index (Phi) is 3.38. The van der Waals surface area contributed by atoms with Gasteiger partial charge < -0.3 is 9.84 Å². The van der Waals surface area contributed by atoms with Crippen molar-refractivity contribution in [3.05, 3.63) is 48.0 Å². The summed E-state index contributed by atoms with van der Waals surface area (Å²) in [5, 5.41) is 9.46. The lowest BCUT2D eigenvalue weighted by Gasteiger charge is -2.11. The van der Waals surface area contributed by atoms with E-state index in [2.05, 4.69) is 4.74 Å². The molecule has 5 heteroatoms. The zero-order valence-electron chi connectivity index (χ0n) is 10.0. The van der Waals surface area contributed by atoms with Crippen molar-refractivity contribution in [2.45, 2.75) is 13.3 Å². The Hall–Kier alpha value is -2.17. The molecule has 0 aliphatic rings. The molecule has 0 atom stereocenters. The first-order valence-corrected chi connectivity index (χ1v) is 5.50. The molecule has 0 radical (unpaired) electrons. The molecule has 0 amide bonds. The fraction of sp³-hybridized carbons (Fsp3) is 0.143. The predicted octanol–water partition coefficient (Wildman–Crippen LogP) is 4.27. The maximum absolute atomic E-state index is 12.2. The lowest BCUT2D eigenvalue weighted by Crippen LogP contribution is -2.17. The van der Waals surface area contributed by atoms with E-state index in [1.54, 1.807) is 12.1 Å². The van der Waals surface area contributed by atoms with E-state index in [-0.39, 0.29) is 5.75 Å². The third-order valence-corrected chi connectivity index (χ3v) is 2.51. The Balaban J connectivity index is 2.39. The molecule has 0 saturated heterocycles. The van der Waals surface area contributed by atoms with Gasteiger partial charge in [0, 0.05) is 6.07 Å². The van der Waals surface area contributed by atoms with Crippen molar-refractivity contribution >= 4 is 0 Å². The van der Waals surface area contributed by atoms with Crippen LogP contribution in [0.25, 0.3) is 11.1 Å². The summed E-state index contributed by atoms with van der Waals surface area (Å²) in [6, 6.07) is 10.7. The van der Waals surface area contributed by atoms with Gasteiger partial charge in [-0.1, -0.05) is 29.8 Å². The van der Waals surface area contributed by atoms with Gasteiger partial charge in [0.2, 0.25) is 0 Å². The first kappa shape index (κ1) is 13.3. The van der Waals surface area contributed by atoms with Crippen LogP contribution in [0.1, 0.15) is 5.56 Å². The van der Waals surface area contributed by atoms with E-state index in [9.17, 15) is 18.3 Å². The number of hydrogen-bond acceptors (Lipinski definition) is 2. The number of ether oxygens (including phenoxy) is 1. The van der Waals surface area contributed by atoms with Crippen molar-refractivity contribution in [3.63, 3.8) is 0 Å². The Morgan fingerprint density at radius 2 is 1.58 bits per heavy atom. The maximum atomic E-state index is 12.2. The third kappa shape index (κ3) is 3.64. The van der Waals surface area contributed by atoms with Crippen LogP contribution in [-0.2, 0) is 0 Å². The fourth-order valence-corrected chi connectivity index (χ4v) is 1.69. The van der Waals surface area contributed by atoms with E-state index in [1.807, 2.05) is 19.1 Å². The molecule has 19 heavy (non-hydrogen) atoms. The summed E-state index contributed by atoms with van der Waals surface area (Å²) in [7, 11) is 0. The van der Waals surface area contributed by atoms with Crippen molar-refractivity contribution < 1.29 is 23.0 Å². The fourth-order valence-electron chi connectivity index (χ4n) is 1.69. The molecule has 0 saturated carbocycles. The number of aryl methyl sites for hydroxylation is 1. The van der Waals surface area contributed by atoms with E-state index in [0.29, 0.717) is 11.1 Å². The smallest absolute Gasteiger partial charge is 0.508 e. The molecule has 0 spiro atoms. The van der Waals surface area contributed by atoms with Gasteiger partial charge in [0.1, 0.15) is 11.5 Å². The molecule has 1 N–H and O–H groups in total. The number of hydrogen-bond donors (Lipinski definition) is 1. The molecule has 2 aromatic carbocycles. The van der Waals surface area contributed by atoms with E-state index >= 15 is 0 Å². The van der Waals surface area contributed by atoms with Crippen LogP contribution in [0.5, 0.6) is 11.5 Å². The second-order valence-electron chi connectivity index (χ2n) is 4.13. The molecule has 0 aliphatic carbocycles. The van der Waals surface area contributed by atoms with Gasteiger partial charge in [0.05, 0.1) is 0 Å². The molecule has 0 fully saturated rings. The van der Waals surface area contributed by atoms with Crippen molar-refractivity contribution in [1.82, 2.24) is 0 Å². The van der Waals surface area contributed by atoms with Crippen LogP contribution < -0.4 is 4.74 Å². The first-order chi connectivity index (χ1) is 8.83. The minimum absolute atomic E-state index is 0.280. The van der Waals surface area contributed by atoms with Crippen molar-refractivity contribution in [1.29, 1.82) is 0 Å². The van der Waals surface area contributed by atoms with Gasteiger partial charge in [0.25, 0.3) is 0 Å². The standard InChI is InChI=1S/C14H11F3O2/c1-9-2-4-10(5-3-9)11-6-12(18)8-13(7-11)19-14(15,16)17/h2-8,18H,1H3. The van der Waals surface area contributed by atoms with Crippen LogP contribution in [0.15, 0.2) is 42.5 Å².